The lowest BCUT2D eigenvalue weighted by Crippen LogP contribution is -2.01. The number of carbonyl (C=O) groups is 1. The number of benzene rings is 1. The predicted octanol–water partition coefficient (Wildman–Crippen LogP) is 3.37. The standard InChI is InChI=1S/C12H10BrNO3S/c13-11-4-2-8(18-11)6-17-10-5-7(12(15)16)1-3-9(10)14/h1-5H,6,14H2,(H,15,16). The molecular weight excluding hydrogens is 318 g/mol. The van der Waals surface area contributed by atoms with Crippen LogP contribution in [0.3, 0.4) is 0 Å². The number of hydrogen-bond acceptors (Lipinski definition) is 4. The summed E-state index contributed by atoms with van der Waals surface area (Å²) >= 11 is 4.92. The molecule has 2 rings (SSSR count). The Kier molecular flexibility index (Phi) is 3.88. The van der Waals surface area contributed by atoms with Gasteiger partial charge in [-0.1, -0.05) is 0 Å². The van der Waals surface area contributed by atoms with Crippen molar-refractivity contribution in [2.75, 3.05) is 5.73 Å². The Morgan fingerprint density at radius 2 is 2.17 bits per heavy atom. The van der Waals surface area contributed by atoms with Crippen molar-refractivity contribution in [3.63, 3.8) is 0 Å². The van der Waals surface area contributed by atoms with Gasteiger partial charge in [0.1, 0.15) is 12.4 Å². The van der Waals surface area contributed by atoms with Crippen LogP contribution in [0.2, 0.25) is 0 Å². The monoisotopic (exact) mass is 327 g/mol. The third kappa shape index (κ3) is 3.02. The van der Waals surface area contributed by atoms with Gasteiger partial charge in [-0.25, -0.2) is 4.79 Å². The molecule has 1 aromatic heterocycles. The molecule has 6 heteroatoms. The van der Waals surface area contributed by atoms with Crippen LogP contribution in [0.15, 0.2) is 34.1 Å². The number of carboxylic acids is 1. The normalized spacial score (nSPS) is 10.3. The van der Waals surface area contributed by atoms with Crippen molar-refractivity contribution in [2.45, 2.75) is 6.61 Å². The molecule has 0 saturated carbocycles. The number of thiophene rings is 1. The van der Waals surface area contributed by atoms with E-state index in [4.69, 9.17) is 15.6 Å². The van der Waals surface area contributed by atoms with Gasteiger partial charge >= 0.3 is 5.97 Å². The summed E-state index contributed by atoms with van der Waals surface area (Å²) in [5.41, 5.74) is 6.32. The van der Waals surface area contributed by atoms with Crippen LogP contribution in [0.4, 0.5) is 5.69 Å². The number of nitrogens with two attached hydrogens (primary N) is 1. The first kappa shape index (κ1) is 12.9. The summed E-state index contributed by atoms with van der Waals surface area (Å²) in [6.07, 6.45) is 0. The summed E-state index contributed by atoms with van der Waals surface area (Å²) in [5, 5.41) is 8.89. The maximum atomic E-state index is 10.8. The van der Waals surface area contributed by atoms with Crippen LogP contribution in [0.5, 0.6) is 5.75 Å². The molecule has 0 unspecified atom stereocenters. The van der Waals surface area contributed by atoms with E-state index in [9.17, 15) is 4.79 Å². The molecule has 0 radical (unpaired) electrons. The quantitative estimate of drug-likeness (QED) is 0.844. The molecule has 0 spiro atoms. The largest absolute Gasteiger partial charge is 0.486 e. The zero-order valence-electron chi connectivity index (χ0n) is 9.22. The molecule has 0 fully saturated rings. The number of rotatable bonds is 4. The number of carboxylic acid groups (broad SMARTS) is 1. The van der Waals surface area contributed by atoms with Crippen LogP contribution < -0.4 is 10.5 Å². The second-order valence-corrected chi connectivity index (χ2v) is 6.10. The van der Waals surface area contributed by atoms with Crippen molar-refractivity contribution in [1.29, 1.82) is 0 Å². The molecule has 4 nitrogen and oxygen atoms in total. The molecule has 18 heavy (non-hydrogen) atoms. The third-order valence-electron chi connectivity index (χ3n) is 2.26. The molecule has 1 heterocycles. The highest BCUT2D eigenvalue weighted by Crippen LogP contribution is 2.27. The Labute approximate surface area is 116 Å². The molecule has 0 aliphatic heterocycles. The summed E-state index contributed by atoms with van der Waals surface area (Å²) in [4.78, 5) is 11.9. The summed E-state index contributed by atoms with van der Waals surface area (Å²) in [5.74, 6) is -0.613. The summed E-state index contributed by atoms with van der Waals surface area (Å²) in [7, 11) is 0. The van der Waals surface area contributed by atoms with Crippen LogP contribution in [-0.4, -0.2) is 11.1 Å². The fraction of sp³-hybridized carbons (Fsp3) is 0.0833. The van der Waals surface area contributed by atoms with Gasteiger partial charge in [-0.2, -0.15) is 0 Å². The van der Waals surface area contributed by atoms with Gasteiger partial charge in [0, 0.05) is 4.88 Å². The number of aromatic carboxylic acids is 1. The minimum Gasteiger partial charge on any atom is -0.486 e. The van der Waals surface area contributed by atoms with Crippen molar-refractivity contribution in [2.24, 2.45) is 0 Å². The number of hydrogen-bond donors (Lipinski definition) is 2. The van der Waals surface area contributed by atoms with E-state index >= 15 is 0 Å². The molecule has 1 aromatic carbocycles. The number of anilines is 1. The van der Waals surface area contributed by atoms with Crippen LogP contribution in [0.25, 0.3) is 0 Å². The average molecular weight is 328 g/mol. The fourth-order valence-electron chi connectivity index (χ4n) is 1.37. The van der Waals surface area contributed by atoms with Crippen molar-refractivity contribution in [3.8, 4) is 5.75 Å². The smallest absolute Gasteiger partial charge is 0.335 e. The van der Waals surface area contributed by atoms with Crippen LogP contribution in [0.1, 0.15) is 15.2 Å². The van der Waals surface area contributed by atoms with Gasteiger partial charge in [0.2, 0.25) is 0 Å². The van der Waals surface area contributed by atoms with Crippen LogP contribution >= 0.6 is 27.3 Å². The van der Waals surface area contributed by atoms with E-state index in [0.29, 0.717) is 18.0 Å². The summed E-state index contributed by atoms with van der Waals surface area (Å²) in [6, 6.07) is 8.28. The van der Waals surface area contributed by atoms with Gasteiger partial charge in [-0.05, 0) is 46.3 Å². The highest BCUT2D eigenvalue weighted by atomic mass is 79.9. The number of halogens is 1. The molecule has 0 aliphatic rings. The van der Waals surface area contributed by atoms with Crippen molar-refractivity contribution >= 4 is 38.9 Å². The summed E-state index contributed by atoms with van der Waals surface area (Å²) < 4.78 is 6.55. The Morgan fingerprint density at radius 3 is 2.78 bits per heavy atom. The average Bonchev–Trinajstić information content (AvgIpc) is 2.74. The van der Waals surface area contributed by atoms with E-state index in [-0.39, 0.29) is 5.56 Å². The second-order valence-electron chi connectivity index (χ2n) is 3.55. The third-order valence-corrected chi connectivity index (χ3v) is 3.86. The van der Waals surface area contributed by atoms with E-state index in [2.05, 4.69) is 15.9 Å². The lowest BCUT2D eigenvalue weighted by Gasteiger charge is -2.08. The Hall–Kier alpha value is -1.53. The first-order valence-corrected chi connectivity index (χ1v) is 6.67. The van der Waals surface area contributed by atoms with E-state index in [1.54, 1.807) is 11.3 Å². The van der Waals surface area contributed by atoms with Crippen molar-refractivity contribution in [1.82, 2.24) is 0 Å². The predicted molar refractivity (Wildman–Crippen MR) is 74.2 cm³/mol. The van der Waals surface area contributed by atoms with Crippen molar-refractivity contribution in [3.05, 3.63) is 44.6 Å². The molecule has 2 aromatic rings. The fourth-order valence-corrected chi connectivity index (χ4v) is 2.77. The molecule has 94 valence electrons. The minimum atomic E-state index is -1.00. The Bertz CT molecular complexity index is 582. The van der Waals surface area contributed by atoms with Gasteiger partial charge in [0.25, 0.3) is 0 Å². The van der Waals surface area contributed by atoms with Crippen LogP contribution in [0, 0.1) is 0 Å². The SMILES string of the molecule is Nc1ccc(C(=O)O)cc1OCc1ccc(Br)s1. The van der Waals surface area contributed by atoms with E-state index in [1.807, 2.05) is 12.1 Å². The summed E-state index contributed by atoms with van der Waals surface area (Å²) in [6.45, 7) is 0.365. The van der Waals surface area contributed by atoms with Gasteiger partial charge < -0.3 is 15.6 Å². The van der Waals surface area contributed by atoms with E-state index < -0.39 is 5.97 Å². The van der Waals surface area contributed by atoms with Gasteiger partial charge in [0.15, 0.2) is 0 Å². The van der Waals surface area contributed by atoms with Gasteiger partial charge in [-0.15, -0.1) is 11.3 Å². The molecular formula is C12H10BrNO3S. The molecule has 3 N–H and O–H groups in total. The van der Waals surface area contributed by atoms with E-state index in [1.165, 1.54) is 18.2 Å². The van der Waals surface area contributed by atoms with Crippen molar-refractivity contribution < 1.29 is 14.6 Å². The Balaban J connectivity index is 2.13. The lowest BCUT2D eigenvalue weighted by atomic mass is 10.2. The zero-order valence-corrected chi connectivity index (χ0v) is 11.6. The molecule has 0 saturated heterocycles. The van der Waals surface area contributed by atoms with E-state index in [0.717, 1.165) is 8.66 Å². The number of nitrogen functional groups attached to an aromatic ring is 1. The maximum absolute atomic E-state index is 10.8. The Morgan fingerprint density at radius 1 is 1.39 bits per heavy atom. The lowest BCUT2D eigenvalue weighted by molar-refractivity contribution is 0.0696. The maximum Gasteiger partial charge on any atom is 0.335 e. The highest BCUT2D eigenvalue weighted by molar-refractivity contribution is 9.11. The first-order valence-electron chi connectivity index (χ1n) is 5.06. The minimum absolute atomic E-state index is 0.159. The molecule has 0 bridgehead atoms. The topological polar surface area (TPSA) is 72.6 Å². The highest BCUT2D eigenvalue weighted by Gasteiger charge is 2.08. The van der Waals surface area contributed by atoms with Gasteiger partial charge in [-0.3, -0.25) is 0 Å². The molecule has 0 aliphatic carbocycles. The molecule has 0 amide bonds. The molecule has 0 atom stereocenters. The first-order chi connectivity index (χ1) is 8.56. The number of ether oxygens (including phenoxy) is 1. The van der Waals surface area contributed by atoms with Crippen LogP contribution in [-0.2, 0) is 6.61 Å². The zero-order chi connectivity index (χ0) is 13.1. The second kappa shape index (κ2) is 5.41. The van der Waals surface area contributed by atoms with Gasteiger partial charge in [0.05, 0.1) is 15.0 Å².